The highest BCUT2D eigenvalue weighted by Crippen LogP contribution is 2.35. The van der Waals surface area contributed by atoms with Crippen molar-refractivity contribution in [2.24, 2.45) is 10.9 Å². The van der Waals surface area contributed by atoms with Crippen LogP contribution in [0.4, 0.5) is 0 Å². The van der Waals surface area contributed by atoms with Crippen LogP contribution in [0.5, 0.6) is 0 Å². The summed E-state index contributed by atoms with van der Waals surface area (Å²) in [7, 11) is 0. The zero-order valence-corrected chi connectivity index (χ0v) is 10.5. The summed E-state index contributed by atoms with van der Waals surface area (Å²) in [6, 6.07) is 10.9. The number of hydrogen-bond donors (Lipinski definition) is 1. The maximum Gasteiger partial charge on any atom is 0.193 e. The third kappa shape index (κ3) is 2.12. The van der Waals surface area contributed by atoms with E-state index in [4.69, 9.17) is 12.2 Å². The zero-order valence-electron chi connectivity index (χ0n) is 9.73. The Labute approximate surface area is 107 Å². The summed E-state index contributed by atoms with van der Waals surface area (Å²) >= 11 is 5.25. The second kappa shape index (κ2) is 4.57. The van der Waals surface area contributed by atoms with Crippen LogP contribution in [0.3, 0.4) is 0 Å². The smallest absolute Gasteiger partial charge is 0.193 e. The van der Waals surface area contributed by atoms with E-state index in [0.717, 1.165) is 6.42 Å². The number of benzene rings is 1. The molecule has 1 heterocycles. The number of aliphatic imine (C=N–C) groups is 1. The van der Waals surface area contributed by atoms with Gasteiger partial charge in [0.25, 0.3) is 0 Å². The minimum absolute atomic E-state index is 0.330. The molecule has 2 atom stereocenters. The molecule has 0 radical (unpaired) electrons. The van der Waals surface area contributed by atoms with E-state index in [2.05, 4.69) is 40.6 Å². The van der Waals surface area contributed by atoms with Crippen LogP contribution >= 0.6 is 12.2 Å². The Balaban J connectivity index is 1.95. The number of hydrogen-bond acceptors (Lipinski definition) is 1. The van der Waals surface area contributed by atoms with Crippen molar-refractivity contribution < 1.29 is 0 Å². The molecular weight excluding hydrogens is 228 g/mol. The lowest BCUT2D eigenvalue weighted by Crippen LogP contribution is -2.42. The van der Waals surface area contributed by atoms with Gasteiger partial charge in [0.15, 0.2) is 5.11 Å². The van der Waals surface area contributed by atoms with Crippen LogP contribution in [0.2, 0.25) is 0 Å². The predicted octanol–water partition coefficient (Wildman–Crippen LogP) is 3.25. The number of rotatable bonds is 1. The first-order chi connectivity index (χ1) is 8.34. The zero-order chi connectivity index (χ0) is 11.7. The molecule has 3 heteroatoms. The van der Waals surface area contributed by atoms with Gasteiger partial charge in [-0.2, -0.15) is 0 Å². The topological polar surface area (TPSA) is 24.4 Å². The lowest BCUT2D eigenvalue weighted by Gasteiger charge is -2.36. The van der Waals surface area contributed by atoms with Gasteiger partial charge >= 0.3 is 0 Å². The van der Waals surface area contributed by atoms with Crippen LogP contribution in [0.1, 0.15) is 37.3 Å². The number of fused-ring (bicyclic) bond motifs is 1. The normalized spacial score (nSPS) is 28.0. The summed E-state index contributed by atoms with van der Waals surface area (Å²) < 4.78 is 0. The van der Waals surface area contributed by atoms with Gasteiger partial charge in [-0.3, -0.25) is 0 Å². The van der Waals surface area contributed by atoms with Gasteiger partial charge in [-0.05, 0) is 37.0 Å². The molecule has 2 aliphatic rings. The van der Waals surface area contributed by atoms with Crippen molar-refractivity contribution >= 4 is 23.0 Å². The molecule has 3 rings (SSSR count). The van der Waals surface area contributed by atoms with E-state index in [1.165, 1.54) is 30.5 Å². The second-order valence-electron chi connectivity index (χ2n) is 4.79. The summed E-state index contributed by atoms with van der Waals surface area (Å²) in [5, 5.41) is 4.04. The highest BCUT2D eigenvalue weighted by molar-refractivity contribution is 7.80. The van der Waals surface area contributed by atoms with Crippen LogP contribution in [0.15, 0.2) is 35.3 Å². The Morgan fingerprint density at radius 1 is 1.18 bits per heavy atom. The molecule has 2 unspecified atom stereocenters. The molecule has 1 aliphatic heterocycles. The van der Waals surface area contributed by atoms with Gasteiger partial charge in [-0.1, -0.05) is 36.8 Å². The summed E-state index contributed by atoms with van der Waals surface area (Å²) in [6.07, 6.45) is 4.92. The maximum absolute atomic E-state index is 5.25. The third-order valence-electron chi connectivity index (χ3n) is 3.71. The van der Waals surface area contributed by atoms with Gasteiger partial charge in [-0.25, -0.2) is 4.99 Å². The van der Waals surface area contributed by atoms with Gasteiger partial charge in [0, 0.05) is 11.6 Å². The lowest BCUT2D eigenvalue weighted by atomic mass is 9.79. The summed E-state index contributed by atoms with van der Waals surface area (Å²) in [4.78, 5) is 4.52. The molecule has 0 bridgehead atoms. The summed E-state index contributed by atoms with van der Waals surface area (Å²) in [6.45, 7) is 0. The molecule has 1 saturated carbocycles. The average molecular weight is 244 g/mol. The van der Waals surface area contributed by atoms with Crippen molar-refractivity contribution in [2.75, 3.05) is 0 Å². The molecule has 1 aliphatic carbocycles. The summed E-state index contributed by atoms with van der Waals surface area (Å²) in [5.74, 6) is 0.540. The largest absolute Gasteiger partial charge is 0.353 e. The quantitative estimate of drug-likeness (QED) is 0.767. The first-order valence-corrected chi connectivity index (χ1v) is 6.68. The van der Waals surface area contributed by atoms with Crippen molar-refractivity contribution in [3.8, 4) is 0 Å². The fourth-order valence-electron chi connectivity index (χ4n) is 2.89. The maximum atomic E-state index is 5.25. The molecule has 0 amide bonds. The SMILES string of the molecule is S=C1N=C2CCCCC2C(c2ccccc2)N1. The Hall–Kier alpha value is -1.22. The van der Waals surface area contributed by atoms with E-state index in [1.807, 2.05) is 0 Å². The van der Waals surface area contributed by atoms with Crippen LogP contribution in [0.25, 0.3) is 0 Å². The fourth-order valence-corrected chi connectivity index (χ4v) is 3.14. The number of nitrogens with one attached hydrogen (secondary N) is 1. The van der Waals surface area contributed by atoms with Gasteiger partial charge in [0.05, 0.1) is 6.04 Å². The Bertz CT molecular complexity index is 453. The second-order valence-corrected chi connectivity index (χ2v) is 5.18. The molecule has 0 saturated heterocycles. The van der Waals surface area contributed by atoms with Crippen LogP contribution in [0, 0.1) is 5.92 Å². The molecular formula is C14H16N2S. The minimum atomic E-state index is 0.330. The lowest BCUT2D eigenvalue weighted by molar-refractivity contribution is 0.420. The first-order valence-electron chi connectivity index (χ1n) is 6.27. The average Bonchev–Trinajstić information content (AvgIpc) is 2.39. The Morgan fingerprint density at radius 2 is 2.00 bits per heavy atom. The molecule has 2 nitrogen and oxygen atoms in total. The highest BCUT2D eigenvalue weighted by Gasteiger charge is 2.33. The molecule has 1 N–H and O–H groups in total. The Morgan fingerprint density at radius 3 is 2.82 bits per heavy atom. The van der Waals surface area contributed by atoms with E-state index >= 15 is 0 Å². The van der Waals surface area contributed by atoms with Crippen LogP contribution < -0.4 is 5.32 Å². The van der Waals surface area contributed by atoms with Gasteiger partial charge < -0.3 is 5.32 Å². The first kappa shape index (κ1) is 10.9. The Kier molecular flexibility index (Phi) is 2.93. The standard InChI is InChI=1S/C14H16N2S/c17-14-15-12-9-5-4-8-11(12)13(16-14)10-6-2-1-3-7-10/h1-3,6-7,11,13H,4-5,8-9H2,(H,16,17). The van der Waals surface area contributed by atoms with Crippen LogP contribution in [-0.2, 0) is 0 Å². The van der Waals surface area contributed by atoms with Crippen molar-refractivity contribution in [3.63, 3.8) is 0 Å². The highest BCUT2D eigenvalue weighted by atomic mass is 32.1. The van der Waals surface area contributed by atoms with Gasteiger partial charge in [0.1, 0.15) is 0 Å². The fraction of sp³-hybridized carbons (Fsp3) is 0.429. The van der Waals surface area contributed by atoms with Crippen molar-refractivity contribution in [3.05, 3.63) is 35.9 Å². The molecule has 17 heavy (non-hydrogen) atoms. The molecule has 1 aromatic carbocycles. The molecule has 1 aromatic rings. The van der Waals surface area contributed by atoms with E-state index < -0.39 is 0 Å². The molecule has 0 aromatic heterocycles. The van der Waals surface area contributed by atoms with E-state index in [0.29, 0.717) is 17.1 Å². The summed E-state index contributed by atoms with van der Waals surface area (Å²) in [5.41, 5.74) is 2.64. The van der Waals surface area contributed by atoms with E-state index in [-0.39, 0.29) is 0 Å². The number of nitrogens with zero attached hydrogens (tertiary/aromatic N) is 1. The van der Waals surface area contributed by atoms with E-state index in [9.17, 15) is 0 Å². The minimum Gasteiger partial charge on any atom is -0.353 e. The van der Waals surface area contributed by atoms with Crippen LogP contribution in [-0.4, -0.2) is 10.8 Å². The third-order valence-corrected chi connectivity index (χ3v) is 3.92. The van der Waals surface area contributed by atoms with E-state index in [1.54, 1.807) is 0 Å². The number of thiocarbonyl (C=S) groups is 1. The van der Waals surface area contributed by atoms with Crippen molar-refractivity contribution in [1.82, 2.24) is 5.32 Å². The molecule has 1 fully saturated rings. The van der Waals surface area contributed by atoms with Crippen molar-refractivity contribution in [2.45, 2.75) is 31.7 Å². The predicted molar refractivity (Wildman–Crippen MR) is 74.3 cm³/mol. The monoisotopic (exact) mass is 244 g/mol. The van der Waals surface area contributed by atoms with Crippen molar-refractivity contribution in [1.29, 1.82) is 0 Å². The van der Waals surface area contributed by atoms with Gasteiger partial charge in [0.2, 0.25) is 0 Å². The molecule has 88 valence electrons. The molecule has 0 spiro atoms. The van der Waals surface area contributed by atoms with Gasteiger partial charge in [-0.15, -0.1) is 0 Å².